The predicted octanol–water partition coefficient (Wildman–Crippen LogP) is 1.97. The van der Waals surface area contributed by atoms with Crippen molar-refractivity contribution in [1.29, 1.82) is 0 Å². The molecule has 1 aromatic heterocycles. The lowest BCUT2D eigenvalue weighted by atomic mass is 10.1. The largest absolute Gasteiger partial charge is 0.380 e. The summed E-state index contributed by atoms with van der Waals surface area (Å²) in [7, 11) is 1.75. The topological polar surface area (TPSA) is 37.4 Å². The van der Waals surface area contributed by atoms with Gasteiger partial charge < -0.3 is 15.0 Å². The molecular weight excluding hydrogens is 238 g/mol. The number of rotatable bonds is 6. The Morgan fingerprint density at radius 2 is 2.37 bits per heavy atom. The molecule has 0 fully saturated rings. The summed E-state index contributed by atoms with van der Waals surface area (Å²) in [6.07, 6.45) is 7.20. The van der Waals surface area contributed by atoms with Crippen LogP contribution in [0.4, 0.5) is 5.69 Å². The molecule has 4 nitrogen and oxygen atoms in total. The minimum Gasteiger partial charge on any atom is -0.380 e. The van der Waals surface area contributed by atoms with Gasteiger partial charge in [0.15, 0.2) is 0 Å². The van der Waals surface area contributed by atoms with Crippen molar-refractivity contribution in [2.45, 2.75) is 19.9 Å². The van der Waals surface area contributed by atoms with Crippen LogP contribution in [-0.2, 0) is 11.3 Å². The zero-order valence-corrected chi connectivity index (χ0v) is 11.9. The molecule has 4 heteroatoms. The van der Waals surface area contributed by atoms with E-state index in [1.807, 2.05) is 12.4 Å². The summed E-state index contributed by atoms with van der Waals surface area (Å²) in [4.78, 5) is 6.65. The highest BCUT2D eigenvalue weighted by atomic mass is 16.5. The van der Waals surface area contributed by atoms with Crippen LogP contribution in [0.15, 0.2) is 30.1 Å². The van der Waals surface area contributed by atoms with Gasteiger partial charge in [-0.2, -0.15) is 0 Å². The lowest BCUT2D eigenvalue weighted by Gasteiger charge is -2.30. The smallest absolute Gasteiger partial charge is 0.0674 e. The molecule has 2 rings (SSSR count). The summed E-state index contributed by atoms with van der Waals surface area (Å²) >= 11 is 0. The molecule has 104 valence electrons. The number of nitrogens with zero attached hydrogens (tertiary/aromatic N) is 2. The van der Waals surface area contributed by atoms with Crippen LogP contribution < -0.4 is 10.2 Å². The summed E-state index contributed by atoms with van der Waals surface area (Å²) < 4.78 is 5.19. The Hall–Kier alpha value is -1.39. The third-order valence-electron chi connectivity index (χ3n) is 3.42. The lowest BCUT2D eigenvalue weighted by molar-refractivity contribution is 0.222. The SMILES string of the molecule is CCNCc1cnccc1N1CC=C(COC)CC1. The first kappa shape index (κ1) is 14.0. The van der Waals surface area contributed by atoms with Crippen LogP contribution in [0.25, 0.3) is 0 Å². The highest BCUT2D eigenvalue weighted by molar-refractivity contribution is 5.53. The van der Waals surface area contributed by atoms with Crippen LogP contribution in [0.2, 0.25) is 0 Å². The molecule has 0 unspecified atom stereocenters. The minimum absolute atomic E-state index is 0.758. The zero-order valence-electron chi connectivity index (χ0n) is 11.9. The van der Waals surface area contributed by atoms with Crippen molar-refractivity contribution in [3.05, 3.63) is 35.7 Å². The van der Waals surface area contributed by atoms with Crippen LogP contribution in [-0.4, -0.2) is 38.3 Å². The molecule has 0 spiro atoms. The van der Waals surface area contributed by atoms with Gasteiger partial charge >= 0.3 is 0 Å². The number of anilines is 1. The number of nitrogens with one attached hydrogen (secondary N) is 1. The van der Waals surface area contributed by atoms with E-state index in [0.29, 0.717) is 0 Å². The van der Waals surface area contributed by atoms with Crippen molar-refractivity contribution in [1.82, 2.24) is 10.3 Å². The molecular formula is C15H23N3O. The van der Waals surface area contributed by atoms with E-state index in [4.69, 9.17) is 4.74 Å². The third-order valence-corrected chi connectivity index (χ3v) is 3.42. The van der Waals surface area contributed by atoms with Crippen LogP contribution in [0.3, 0.4) is 0 Å². The van der Waals surface area contributed by atoms with Crippen LogP contribution in [0.1, 0.15) is 18.9 Å². The van der Waals surface area contributed by atoms with Gasteiger partial charge in [0.2, 0.25) is 0 Å². The molecule has 0 saturated carbocycles. The molecule has 0 aliphatic carbocycles. The maximum absolute atomic E-state index is 5.19. The van der Waals surface area contributed by atoms with Gasteiger partial charge in [-0.1, -0.05) is 13.0 Å². The maximum atomic E-state index is 5.19. The number of hydrogen-bond acceptors (Lipinski definition) is 4. The molecule has 0 bridgehead atoms. The van der Waals surface area contributed by atoms with E-state index in [0.717, 1.165) is 39.2 Å². The summed E-state index contributed by atoms with van der Waals surface area (Å²) in [6.45, 7) is 6.75. The molecule has 1 N–H and O–H groups in total. The van der Waals surface area contributed by atoms with Crippen molar-refractivity contribution >= 4 is 5.69 Å². The monoisotopic (exact) mass is 261 g/mol. The second-order valence-corrected chi connectivity index (χ2v) is 4.78. The molecule has 0 aromatic carbocycles. The lowest BCUT2D eigenvalue weighted by Crippen LogP contribution is -2.30. The van der Waals surface area contributed by atoms with Crippen molar-refractivity contribution in [3.63, 3.8) is 0 Å². The Morgan fingerprint density at radius 1 is 1.47 bits per heavy atom. The quantitative estimate of drug-likeness (QED) is 0.795. The van der Waals surface area contributed by atoms with E-state index in [-0.39, 0.29) is 0 Å². The van der Waals surface area contributed by atoms with Gasteiger partial charge in [0.05, 0.1) is 6.61 Å². The van der Waals surface area contributed by atoms with E-state index in [1.165, 1.54) is 16.8 Å². The second-order valence-electron chi connectivity index (χ2n) is 4.78. The average Bonchev–Trinajstić information content (AvgIpc) is 2.47. The standard InChI is InChI=1S/C15H23N3O/c1-3-16-10-14-11-17-7-4-15(14)18-8-5-13(6-9-18)12-19-2/h4-5,7,11,16H,3,6,8-10,12H2,1-2H3. The van der Waals surface area contributed by atoms with Gasteiger partial charge in [-0.15, -0.1) is 0 Å². The highest BCUT2D eigenvalue weighted by Crippen LogP contribution is 2.23. The summed E-state index contributed by atoms with van der Waals surface area (Å²) in [5.74, 6) is 0. The fourth-order valence-corrected chi connectivity index (χ4v) is 2.37. The highest BCUT2D eigenvalue weighted by Gasteiger charge is 2.14. The Balaban J connectivity index is 2.06. The number of hydrogen-bond donors (Lipinski definition) is 1. The van der Waals surface area contributed by atoms with E-state index < -0.39 is 0 Å². The fraction of sp³-hybridized carbons (Fsp3) is 0.533. The van der Waals surface area contributed by atoms with Crippen LogP contribution in [0.5, 0.6) is 0 Å². The van der Waals surface area contributed by atoms with Gasteiger partial charge in [0.1, 0.15) is 0 Å². The van der Waals surface area contributed by atoms with E-state index in [1.54, 1.807) is 7.11 Å². The predicted molar refractivity (Wildman–Crippen MR) is 78.4 cm³/mol. The number of pyridine rings is 1. The van der Waals surface area contributed by atoms with Crippen molar-refractivity contribution in [2.75, 3.05) is 38.3 Å². The van der Waals surface area contributed by atoms with E-state index in [9.17, 15) is 0 Å². The molecule has 2 heterocycles. The van der Waals surface area contributed by atoms with Gasteiger partial charge in [0.25, 0.3) is 0 Å². The zero-order chi connectivity index (χ0) is 13.5. The average molecular weight is 261 g/mol. The molecule has 1 aromatic rings. The normalized spacial score (nSPS) is 15.5. The Kier molecular flexibility index (Phi) is 5.36. The number of methoxy groups -OCH3 is 1. The second kappa shape index (κ2) is 7.26. The van der Waals surface area contributed by atoms with Crippen LogP contribution in [0, 0.1) is 0 Å². The first-order valence-corrected chi connectivity index (χ1v) is 6.90. The van der Waals surface area contributed by atoms with Gasteiger partial charge in [-0.25, -0.2) is 0 Å². The van der Waals surface area contributed by atoms with E-state index in [2.05, 4.69) is 34.3 Å². The minimum atomic E-state index is 0.758. The molecule has 1 aliphatic rings. The fourth-order valence-electron chi connectivity index (χ4n) is 2.37. The first-order valence-electron chi connectivity index (χ1n) is 6.90. The summed E-state index contributed by atoms with van der Waals surface area (Å²) in [5.41, 5.74) is 3.97. The summed E-state index contributed by atoms with van der Waals surface area (Å²) in [6, 6.07) is 2.11. The number of ether oxygens (including phenoxy) is 1. The van der Waals surface area contributed by atoms with Crippen molar-refractivity contribution in [2.24, 2.45) is 0 Å². The number of aromatic nitrogens is 1. The summed E-state index contributed by atoms with van der Waals surface area (Å²) in [5, 5.41) is 3.37. The molecule has 0 amide bonds. The molecule has 0 atom stereocenters. The van der Waals surface area contributed by atoms with Crippen molar-refractivity contribution < 1.29 is 4.74 Å². The van der Waals surface area contributed by atoms with Gasteiger partial charge in [0, 0.05) is 50.4 Å². The van der Waals surface area contributed by atoms with Crippen LogP contribution >= 0.6 is 0 Å². The maximum Gasteiger partial charge on any atom is 0.0674 e. The molecule has 19 heavy (non-hydrogen) atoms. The Labute approximate surface area is 115 Å². The molecule has 0 saturated heterocycles. The van der Waals surface area contributed by atoms with Crippen molar-refractivity contribution in [3.8, 4) is 0 Å². The molecule has 1 aliphatic heterocycles. The van der Waals surface area contributed by atoms with Gasteiger partial charge in [-0.3, -0.25) is 4.98 Å². The molecule has 0 radical (unpaired) electrons. The Morgan fingerprint density at radius 3 is 3.05 bits per heavy atom. The van der Waals surface area contributed by atoms with E-state index >= 15 is 0 Å². The Bertz CT molecular complexity index is 431. The first-order chi connectivity index (χ1) is 9.35. The van der Waals surface area contributed by atoms with Gasteiger partial charge in [-0.05, 0) is 24.6 Å². The third kappa shape index (κ3) is 3.78.